The van der Waals surface area contributed by atoms with Gasteiger partial charge in [0.15, 0.2) is 0 Å². The molecule has 7 heteroatoms. The number of anilines is 1. The molecule has 0 spiro atoms. The van der Waals surface area contributed by atoms with Crippen molar-refractivity contribution >= 4 is 44.1 Å². The van der Waals surface area contributed by atoms with Crippen LogP contribution in [0.1, 0.15) is 25.6 Å². The average molecular weight is 341 g/mol. The standard InChI is InChI=1S/C12H9BrN2O3S/c1-6-4-8(12(17)18)11(19-6)15-10(16)7-2-3-9(13)14-5-7/h2-5H,1H3,(H,15,16)(H,17,18). The highest BCUT2D eigenvalue weighted by Crippen LogP contribution is 2.28. The van der Waals surface area contributed by atoms with Gasteiger partial charge in [0.25, 0.3) is 5.91 Å². The van der Waals surface area contributed by atoms with Crippen LogP contribution in [-0.2, 0) is 0 Å². The van der Waals surface area contributed by atoms with Crippen molar-refractivity contribution in [1.29, 1.82) is 0 Å². The van der Waals surface area contributed by atoms with Crippen LogP contribution in [0.25, 0.3) is 0 Å². The van der Waals surface area contributed by atoms with Gasteiger partial charge in [-0.3, -0.25) is 4.79 Å². The molecule has 2 N–H and O–H groups in total. The number of rotatable bonds is 3. The molecule has 2 rings (SSSR count). The number of nitrogens with zero attached hydrogens (tertiary/aromatic N) is 1. The SMILES string of the molecule is Cc1cc(C(=O)O)c(NC(=O)c2ccc(Br)nc2)s1. The summed E-state index contributed by atoms with van der Waals surface area (Å²) in [6.07, 6.45) is 1.42. The minimum Gasteiger partial charge on any atom is -0.478 e. The lowest BCUT2D eigenvalue weighted by atomic mass is 10.2. The van der Waals surface area contributed by atoms with Crippen molar-refractivity contribution in [2.24, 2.45) is 0 Å². The van der Waals surface area contributed by atoms with E-state index >= 15 is 0 Å². The molecule has 0 bridgehead atoms. The lowest BCUT2D eigenvalue weighted by Gasteiger charge is -2.03. The second-order valence-electron chi connectivity index (χ2n) is 3.73. The van der Waals surface area contributed by atoms with E-state index in [-0.39, 0.29) is 11.5 Å². The molecule has 98 valence electrons. The Morgan fingerprint density at radius 3 is 2.74 bits per heavy atom. The number of amides is 1. The lowest BCUT2D eigenvalue weighted by Crippen LogP contribution is -2.13. The number of carbonyl (C=O) groups is 2. The van der Waals surface area contributed by atoms with E-state index in [4.69, 9.17) is 5.11 Å². The van der Waals surface area contributed by atoms with Gasteiger partial charge >= 0.3 is 5.97 Å². The third-order valence-corrected chi connectivity index (χ3v) is 3.74. The molecule has 0 aromatic carbocycles. The number of hydrogen-bond acceptors (Lipinski definition) is 4. The Hall–Kier alpha value is -1.73. The van der Waals surface area contributed by atoms with Gasteiger partial charge in [0.05, 0.1) is 11.1 Å². The first-order chi connectivity index (χ1) is 8.97. The fourth-order valence-corrected chi connectivity index (χ4v) is 2.58. The van der Waals surface area contributed by atoms with Gasteiger partial charge in [-0.05, 0) is 41.1 Å². The smallest absolute Gasteiger partial charge is 0.338 e. The van der Waals surface area contributed by atoms with E-state index in [1.54, 1.807) is 19.1 Å². The summed E-state index contributed by atoms with van der Waals surface area (Å²) in [6.45, 7) is 1.79. The molecule has 0 unspecified atom stereocenters. The predicted octanol–water partition coefficient (Wildman–Crippen LogP) is 3.16. The van der Waals surface area contributed by atoms with E-state index in [0.29, 0.717) is 15.2 Å². The third kappa shape index (κ3) is 3.18. The number of halogens is 1. The van der Waals surface area contributed by atoms with Gasteiger partial charge in [0.1, 0.15) is 9.60 Å². The summed E-state index contributed by atoms with van der Waals surface area (Å²) in [5, 5.41) is 12.0. The summed E-state index contributed by atoms with van der Waals surface area (Å²) in [5.74, 6) is -1.45. The Morgan fingerprint density at radius 1 is 1.42 bits per heavy atom. The molecule has 19 heavy (non-hydrogen) atoms. The van der Waals surface area contributed by atoms with Gasteiger partial charge in [-0.2, -0.15) is 0 Å². The molecule has 0 saturated carbocycles. The molecule has 0 atom stereocenters. The first-order valence-corrected chi connectivity index (χ1v) is 6.85. The zero-order valence-electron chi connectivity index (χ0n) is 9.81. The van der Waals surface area contributed by atoms with Crippen molar-refractivity contribution in [2.45, 2.75) is 6.92 Å². The summed E-state index contributed by atoms with van der Waals surface area (Å²) >= 11 is 4.40. The van der Waals surface area contributed by atoms with Crippen LogP contribution in [0.2, 0.25) is 0 Å². The number of aromatic carboxylic acids is 1. The molecule has 5 nitrogen and oxygen atoms in total. The van der Waals surface area contributed by atoms with Gasteiger partial charge in [0, 0.05) is 11.1 Å². The number of carboxylic acid groups (broad SMARTS) is 1. The van der Waals surface area contributed by atoms with Gasteiger partial charge in [-0.25, -0.2) is 9.78 Å². The number of aromatic nitrogens is 1. The Morgan fingerprint density at radius 2 is 2.16 bits per heavy atom. The van der Waals surface area contributed by atoms with Crippen LogP contribution in [0, 0.1) is 6.92 Å². The molecule has 0 fully saturated rings. The van der Waals surface area contributed by atoms with Crippen LogP contribution >= 0.6 is 27.3 Å². The van der Waals surface area contributed by atoms with E-state index in [1.807, 2.05) is 0 Å². The number of thiophene rings is 1. The van der Waals surface area contributed by atoms with Crippen LogP contribution in [0.15, 0.2) is 29.0 Å². The molecule has 0 aliphatic carbocycles. The number of carboxylic acids is 1. The van der Waals surface area contributed by atoms with E-state index in [1.165, 1.54) is 23.6 Å². The molecule has 2 aromatic heterocycles. The van der Waals surface area contributed by atoms with E-state index in [0.717, 1.165) is 4.88 Å². The molecule has 2 heterocycles. The minimum absolute atomic E-state index is 0.0981. The fourth-order valence-electron chi connectivity index (χ4n) is 1.45. The lowest BCUT2D eigenvalue weighted by molar-refractivity contribution is 0.0698. The Balaban J connectivity index is 2.24. The maximum atomic E-state index is 12.0. The summed E-state index contributed by atoms with van der Waals surface area (Å²) in [5.41, 5.74) is 0.464. The zero-order chi connectivity index (χ0) is 14.0. The summed E-state index contributed by atoms with van der Waals surface area (Å²) in [6, 6.07) is 4.78. The maximum Gasteiger partial charge on any atom is 0.338 e. The van der Waals surface area contributed by atoms with Gasteiger partial charge in [0.2, 0.25) is 0 Å². The highest BCUT2D eigenvalue weighted by molar-refractivity contribution is 9.10. The molecule has 0 aliphatic heterocycles. The third-order valence-electron chi connectivity index (χ3n) is 2.30. The van der Waals surface area contributed by atoms with Crippen molar-refractivity contribution in [2.75, 3.05) is 5.32 Å². The number of aryl methyl sites for hydroxylation is 1. The summed E-state index contributed by atoms with van der Waals surface area (Å²) in [4.78, 5) is 27.8. The number of nitrogens with one attached hydrogen (secondary N) is 1. The van der Waals surface area contributed by atoms with Gasteiger partial charge in [-0.1, -0.05) is 0 Å². The molecule has 0 aliphatic rings. The predicted molar refractivity (Wildman–Crippen MR) is 75.9 cm³/mol. The number of hydrogen-bond donors (Lipinski definition) is 2. The average Bonchev–Trinajstić information content (AvgIpc) is 2.71. The van der Waals surface area contributed by atoms with Gasteiger partial charge in [-0.15, -0.1) is 11.3 Å². The molecule has 2 aromatic rings. The molecular weight excluding hydrogens is 332 g/mol. The van der Waals surface area contributed by atoms with Crippen molar-refractivity contribution in [3.05, 3.63) is 45.0 Å². The minimum atomic E-state index is -1.06. The molecule has 1 amide bonds. The monoisotopic (exact) mass is 340 g/mol. The number of pyridine rings is 1. The summed E-state index contributed by atoms with van der Waals surface area (Å²) < 4.78 is 0.627. The van der Waals surface area contributed by atoms with E-state index < -0.39 is 5.97 Å². The second-order valence-corrected chi connectivity index (χ2v) is 5.80. The van der Waals surface area contributed by atoms with Crippen LogP contribution in [0.4, 0.5) is 5.00 Å². The van der Waals surface area contributed by atoms with E-state index in [2.05, 4.69) is 26.2 Å². The maximum absolute atomic E-state index is 12.0. The largest absolute Gasteiger partial charge is 0.478 e. The Kier molecular flexibility index (Phi) is 3.96. The van der Waals surface area contributed by atoms with Crippen LogP contribution in [-0.4, -0.2) is 22.0 Å². The Bertz CT molecular complexity index is 637. The summed E-state index contributed by atoms with van der Waals surface area (Å²) in [7, 11) is 0. The first-order valence-electron chi connectivity index (χ1n) is 5.24. The van der Waals surface area contributed by atoms with Crippen molar-refractivity contribution in [3.63, 3.8) is 0 Å². The number of carbonyl (C=O) groups excluding carboxylic acids is 1. The topological polar surface area (TPSA) is 79.3 Å². The molecule has 0 saturated heterocycles. The van der Waals surface area contributed by atoms with E-state index in [9.17, 15) is 9.59 Å². The van der Waals surface area contributed by atoms with Crippen molar-refractivity contribution < 1.29 is 14.7 Å². The van der Waals surface area contributed by atoms with Gasteiger partial charge < -0.3 is 10.4 Å². The van der Waals surface area contributed by atoms with Crippen LogP contribution in [0.3, 0.4) is 0 Å². The quantitative estimate of drug-likeness (QED) is 0.841. The second kappa shape index (κ2) is 5.50. The first kappa shape index (κ1) is 13.7. The highest BCUT2D eigenvalue weighted by atomic mass is 79.9. The fraction of sp³-hybridized carbons (Fsp3) is 0.0833. The Labute approximate surface area is 121 Å². The molecule has 0 radical (unpaired) electrons. The van der Waals surface area contributed by atoms with Crippen molar-refractivity contribution in [3.8, 4) is 0 Å². The van der Waals surface area contributed by atoms with Crippen LogP contribution in [0.5, 0.6) is 0 Å². The molecular formula is C12H9BrN2O3S. The van der Waals surface area contributed by atoms with Crippen LogP contribution < -0.4 is 5.32 Å². The van der Waals surface area contributed by atoms with Crippen molar-refractivity contribution in [1.82, 2.24) is 4.98 Å². The normalized spacial score (nSPS) is 10.2. The highest BCUT2D eigenvalue weighted by Gasteiger charge is 2.16. The zero-order valence-corrected chi connectivity index (χ0v) is 12.2.